The summed E-state index contributed by atoms with van der Waals surface area (Å²) < 4.78 is 1.11. The van der Waals surface area contributed by atoms with Crippen LogP contribution in [0.4, 0.5) is 5.69 Å². The van der Waals surface area contributed by atoms with Crippen LogP contribution in [0.2, 0.25) is 0 Å². The highest BCUT2D eigenvalue weighted by Gasteiger charge is 2.11. The van der Waals surface area contributed by atoms with Crippen molar-refractivity contribution in [3.63, 3.8) is 0 Å². The van der Waals surface area contributed by atoms with Crippen molar-refractivity contribution in [2.24, 2.45) is 0 Å². The van der Waals surface area contributed by atoms with E-state index in [1.54, 1.807) is 12.1 Å². The van der Waals surface area contributed by atoms with Crippen LogP contribution < -0.4 is 5.32 Å². The van der Waals surface area contributed by atoms with Crippen LogP contribution in [0.25, 0.3) is 0 Å². The van der Waals surface area contributed by atoms with Gasteiger partial charge < -0.3 is 10.4 Å². The van der Waals surface area contributed by atoms with Gasteiger partial charge in [0.15, 0.2) is 0 Å². The normalized spacial score (nSPS) is 12.2. The van der Waals surface area contributed by atoms with Gasteiger partial charge in [-0.3, -0.25) is 0 Å². The number of nitrogens with one attached hydrogen (secondary N) is 1. The van der Waals surface area contributed by atoms with E-state index in [0.717, 1.165) is 17.3 Å². The second-order valence-corrected chi connectivity index (χ2v) is 5.77. The van der Waals surface area contributed by atoms with E-state index in [2.05, 4.69) is 53.3 Å². The molecule has 1 atom stereocenters. The molecule has 20 heavy (non-hydrogen) atoms. The molecule has 1 unspecified atom stereocenters. The lowest BCUT2D eigenvalue weighted by Gasteiger charge is -2.21. The molecule has 0 amide bonds. The number of hydrogen-bond donors (Lipinski definition) is 2. The molecule has 0 aromatic heterocycles. The van der Waals surface area contributed by atoms with E-state index >= 15 is 0 Å². The number of phenolic OH excluding ortho intramolecular Hbond substituents is 1. The van der Waals surface area contributed by atoms with E-state index in [1.807, 2.05) is 12.1 Å². The number of halogens is 1. The Bertz CT molecular complexity index is 566. The number of aromatic hydroxyl groups is 1. The Morgan fingerprint density at radius 2 is 1.80 bits per heavy atom. The molecule has 0 radical (unpaired) electrons. The summed E-state index contributed by atoms with van der Waals surface area (Å²) in [6.45, 7) is 4.32. The van der Waals surface area contributed by atoms with Crippen LogP contribution in [0, 0.1) is 0 Å². The quantitative estimate of drug-likeness (QED) is 0.780. The SMILES string of the molecule is CCc1cc(Br)ccc1NC(CC)c1ccc(O)cc1. The number of phenols is 1. The van der Waals surface area contributed by atoms with Crippen molar-refractivity contribution in [3.05, 3.63) is 58.1 Å². The van der Waals surface area contributed by atoms with E-state index in [4.69, 9.17) is 0 Å². The fourth-order valence-electron chi connectivity index (χ4n) is 2.31. The molecular weight excluding hydrogens is 314 g/mol. The smallest absolute Gasteiger partial charge is 0.115 e. The van der Waals surface area contributed by atoms with Crippen LogP contribution in [-0.2, 0) is 6.42 Å². The molecule has 0 heterocycles. The van der Waals surface area contributed by atoms with Crippen LogP contribution in [0.3, 0.4) is 0 Å². The molecule has 0 bridgehead atoms. The number of hydrogen-bond acceptors (Lipinski definition) is 2. The molecule has 2 aromatic carbocycles. The molecule has 0 saturated carbocycles. The summed E-state index contributed by atoms with van der Waals surface area (Å²) in [6.07, 6.45) is 1.98. The van der Waals surface area contributed by atoms with Crippen LogP contribution in [0.15, 0.2) is 46.9 Å². The maximum absolute atomic E-state index is 9.39. The van der Waals surface area contributed by atoms with Gasteiger partial charge in [-0.05, 0) is 54.3 Å². The van der Waals surface area contributed by atoms with Crippen molar-refractivity contribution < 1.29 is 5.11 Å². The van der Waals surface area contributed by atoms with E-state index in [9.17, 15) is 5.11 Å². The van der Waals surface area contributed by atoms with Gasteiger partial charge in [0.1, 0.15) is 5.75 Å². The molecule has 2 N–H and O–H groups in total. The van der Waals surface area contributed by atoms with E-state index in [0.29, 0.717) is 5.75 Å². The monoisotopic (exact) mass is 333 g/mol. The van der Waals surface area contributed by atoms with E-state index < -0.39 is 0 Å². The minimum atomic E-state index is 0.252. The lowest BCUT2D eigenvalue weighted by molar-refractivity contribution is 0.475. The van der Waals surface area contributed by atoms with Crippen molar-refractivity contribution in [2.75, 3.05) is 5.32 Å². The molecule has 0 aliphatic carbocycles. The predicted octanol–water partition coefficient (Wildman–Crippen LogP) is 5.28. The number of anilines is 1. The fraction of sp³-hybridized carbons (Fsp3) is 0.294. The van der Waals surface area contributed by atoms with Gasteiger partial charge >= 0.3 is 0 Å². The Kier molecular flexibility index (Phi) is 5.07. The van der Waals surface area contributed by atoms with Gasteiger partial charge in [-0.1, -0.05) is 41.9 Å². The second-order valence-electron chi connectivity index (χ2n) is 4.85. The molecule has 0 saturated heterocycles. The van der Waals surface area contributed by atoms with Gasteiger partial charge in [0.05, 0.1) is 6.04 Å². The Balaban J connectivity index is 2.24. The molecule has 106 valence electrons. The van der Waals surface area contributed by atoms with Gasteiger partial charge in [0.25, 0.3) is 0 Å². The van der Waals surface area contributed by atoms with E-state index in [1.165, 1.54) is 16.8 Å². The summed E-state index contributed by atoms with van der Waals surface area (Å²) in [4.78, 5) is 0. The second kappa shape index (κ2) is 6.80. The lowest BCUT2D eigenvalue weighted by Crippen LogP contribution is -2.11. The first-order valence-electron chi connectivity index (χ1n) is 6.98. The summed E-state index contributed by atoms with van der Waals surface area (Å²) in [5.41, 5.74) is 3.67. The van der Waals surface area contributed by atoms with E-state index in [-0.39, 0.29) is 6.04 Å². The zero-order valence-electron chi connectivity index (χ0n) is 11.9. The van der Waals surface area contributed by atoms with Gasteiger partial charge in [-0.25, -0.2) is 0 Å². The number of benzene rings is 2. The molecule has 0 spiro atoms. The van der Waals surface area contributed by atoms with Gasteiger partial charge in [-0.2, -0.15) is 0 Å². The third kappa shape index (κ3) is 3.54. The first-order valence-corrected chi connectivity index (χ1v) is 7.77. The average molecular weight is 334 g/mol. The summed E-state index contributed by atoms with van der Waals surface area (Å²) in [7, 11) is 0. The minimum Gasteiger partial charge on any atom is -0.508 e. The largest absolute Gasteiger partial charge is 0.508 e. The molecular formula is C17H20BrNO. The Labute approximate surface area is 129 Å². The van der Waals surface area contributed by atoms with Crippen molar-refractivity contribution in [2.45, 2.75) is 32.7 Å². The summed E-state index contributed by atoms with van der Waals surface area (Å²) >= 11 is 3.52. The fourth-order valence-corrected chi connectivity index (χ4v) is 2.72. The summed E-state index contributed by atoms with van der Waals surface area (Å²) in [5.74, 6) is 0.307. The van der Waals surface area contributed by atoms with Crippen molar-refractivity contribution in [3.8, 4) is 5.75 Å². The van der Waals surface area contributed by atoms with Crippen LogP contribution in [0.5, 0.6) is 5.75 Å². The maximum Gasteiger partial charge on any atom is 0.115 e. The van der Waals surface area contributed by atoms with Gasteiger partial charge in [-0.15, -0.1) is 0 Å². The Morgan fingerprint density at radius 1 is 1.10 bits per heavy atom. The molecule has 2 rings (SSSR count). The predicted molar refractivity (Wildman–Crippen MR) is 88.3 cm³/mol. The highest BCUT2D eigenvalue weighted by atomic mass is 79.9. The molecule has 2 nitrogen and oxygen atoms in total. The zero-order chi connectivity index (χ0) is 14.5. The number of aryl methyl sites for hydroxylation is 1. The number of rotatable bonds is 5. The van der Waals surface area contributed by atoms with Crippen LogP contribution in [0.1, 0.15) is 37.4 Å². The van der Waals surface area contributed by atoms with Gasteiger partial charge in [0.2, 0.25) is 0 Å². The highest BCUT2D eigenvalue weighted by molar-refractivity contribution is 9.10. The first kappa shape index (κ1) is 14.9. The van der Waals surface area contributed by atoms with Gasteiger partial charge in [0, 0.05) is 10.2 Å². The van der Waals surface area contributed by atoms with Crippen LogP contribution >= 0.6 is 15.9 Å². The lowest BCUT2D eigenvalue weighted by atomic mass is 10.0. The molecule has 0 fully saturated rings. The first-order chi connectivity index (χ1) is 9.63. The topological polar surface area (TPSA) is 32.3 Å². The van der Waals surface area contributed by atoms with Crippen molar-refractivity contribution >= 4 is 21.6 Å². The van der Waals surface area contributed by atoms with Crippen molar-refractivity contribution in [1.29, 1.82) is 0 Å². The van der Waals surface area contributed by atoms with Crippen molar-refractivity contribution in [1.82, 2.24) is 0 Å². The maximum atomic E-state index is 9.39. The zero-order valence-corrected chi connectivity index (χ0v) is 13.4. The standard InChI is InChI=1S/C17H20BrNO/c1-3-12-11-14(18)7-10-17(12)19-16(4-2)13-5-8-15(20)9-6-13/h5-11,16,19-20H,3-4H2,1-2H3. The Morgan fingerprint density at radius 3 is 2.40 bits per heavy atom. The molecule has 0 aliphatic rings. The average Bonchev–Trinajstić information content (AvgIpc) is 2.47. The third-order valence-corrected chi connectivity index (χ3v) is 3.97. The molecule has 0 aliphatic heterocycles. The van der Waals surface area contributed by atoms with Crippen LogP contribution in [-0.4, -0.2) is 5.11 Å². The molecule has 3 heteroatoms. The minimum absolute atomic E-state index is 0.252. The molecule has 2 aromatic rings. The Hall–Kier alpha value is -1.48. The highest BCUT2D eigenvalue weighted by Crippen LogP contribution is 2.28. The third-order valence-electron chi connectivity index (χ3n) is 3.48. The summed E-state index contributed by atoms with van der Waals surface area (Å²) in [6, 6.07) is 14.0. The summed E-state index contributed by atoms with van der Waals surface area (Å²) in [5, 5.41) is 13.0.